The maximum atomic E-state index is 13.6. The highest BCUT2D eigenvalue weighted by atomic mass is 35.5. The normalized spacial score (nSPS) is 10.6. The predicted octanol–water partition coefficient (Wildman–Crippen LogP) is 5.05. The van der Waals surface area contributed by atoms with Crippen molar-refractivity contribution in [3.05, 3.63) is 75.8 Å². The number of benzene rings is 2. The van der Waals surface area contributed by atoms with Crippen molar-refractivity contribution in [3.63, 3.8) is 0 Å². The third kappa shape index (κ3) is 3.38. The summed E-state index contributed by atoms with van der Waals surface area (Å²) >= 11 is 7.07. The molecule has 1 N–H and O–H groups in total. The van der Waals surface area contributed by atoms with Gasteiger partial charge in [-0.2, -0.15) is 0 Å². The van der Waals surface area contributed by atoms with Gasteiger partial charge in [0.05, 0.1) is 21.8 Å². The minimum absolute atomic E-state index is 0.0810. The predicted molar refractivity (Wildman–Crippen MR) is 86.6 cm³/mol. The molecule has 7 heteroatoms. The van der Waals surface area contributed by atoms with E-state index in [4.69, 9.17) is 11.6 Å². The Bertz CT molecular complexity index is 882. The number of ketones is 1. The lowest BCUT2D eigenvalue weighted by atomic mass is 10.1. The zero-order valence-electron chi connectivity index (χ0n) is 11.5. The lowest BCUT2D eigenvalue weighted by Gasteiger charge is -2.03. The van der Waals surface area contributed by atoms with Crippen molar-refractivity contribution in [2.24, 2.45) is 0 Å². The van der Waals surface area contributed by atoms with E-state index in [1.165, 1.54) is 12.3 Å². The Morgan fingerprint density at radius 3 is 2.70 bits per heavy atom. The molecule has 3 rings (SSSR count). The number of nitrogens with one attached hydrogen (secondary N) is 1. The van der Waals surface area contributed by atoms with Gasteiger partial charge in [-0.3, -0.25) is 4.79 Å². The Labute approximate surface area is 139 Å². The van der Waals surface area contributed by atoms with Crippen LogP contribution in [-0.2, 0) is 0 Å². The molecule has 0 saturated heterocycles. The van der Waals surface area contributed by atoms with Crippen molar-refractivity contribution in [3.8, 4) is 0 Å². The van der Waals surface area contributed by atoms with Crippen LogP contribution in [0.1, 0.15) is 15.2 Å². The van der Waals surface area contributed by atoms with E-state index < -0.39 is 11.6 Å². The standard InChI is InChI=1S/C16H9ClF2N2OS/c17-11-4-2-1-3-10(11)15(22)14-8-20-16(23-14)21-13-6-5-9(18)7-12(13)19/h1-8H,(H,20,21). The van der Waals surface area contributed by atoms with Crippen LogP contribution in [0.25, 0.3) is 0 Å². The van der Waals surface area contributed by atoms with Gasteiger partial charge in [0.1, 0.15) is 11.6 Å². The molecule has 1 heterocycles. The van der Waals surface area contributed by atoms with Gasteiger partial charge < -0.3 is 5.32 Å². The first kappa shape index (κ1) is 15.6. The zero-order valence-corrected chi connectivity index (χ0v) is 13.1. The van der Waals surface area contributed by atoms with Gasteiger partial charge in [0.25, 0.3) is 0 Å². The number of carbonyl (C=O) groups is 1. The van der Waals surface area contributed by atoms with Crippen molar-refractivity contribution in [1.82, 2.24) is 4.98 Å². The van der Waals surface area contributed by atoms with Crippen LogP contribution in [-0.4, -0.2) is 10.8 Å². The SMILES string of the molecule is O=C(c1cnc(Nc2ccc(F)cc2F)s1)c1ccccc1Cl. The average molecular weight is 351 g/mol. The zero-order chi connectivity index (χ0) is 16.4. The molecular formula is C16H9ClF2N2OS. The summed E-state index contributed by atoms with van der Waals surface area (Å²) in [6.45, 7) is 0. The van der Waals surface area contributed by atoms with E-state index in [1.54, 1.807) is 24.3 Å². The Balaban J connectivity index is 1.83. The summed E-state index contributed by atoms with van der Waals surface area (Å²) in [5.41, 5.74) is 0.454. The van der Waals surface area contributed by atoms with E-state index in [1.807, 2.05) is 0 Å². The summed E-state index contributed by atoms with van der Waals surface area (Å²) in [4.78, 5) is 16.8. The van der Waals surface area contributed by atoms with E-state index in [0.29, 0.717) is 20.6 Å². The van der Waals surface area contributed by atoms with Crippen molar-refractivity contribution in [2.75, 3.05) is 5.32 Å². The molecule has 116 valence electrons. The van der Waals surface area contributed by atoms with Gasteiger partial charge in [-0.25, -0.2) is 13.8 Å². The van der Waals surface area contributed by atoms with Gasteiger partial charge in [0.2, 0.25) is 5.78 Å². The molecule has 3 aromatic rings. The second kappa shape index (κ2) is 6.44. The van der Waals surface area contributed by atoms with Crippen LogP contribution in [0.15, 0.2) is 48.7 Å². The number of hydrogen-bond donors (Lipinski definition) is 1. The van der Waals surface area contributed by atoms with Crippen molar-refractivity contribution < 1.29 is 13.6 Å². The smallest absolute Gasteiger partial charge is 0.206 e. The van der Waals surface area contributed by atoms with Gasteiger partial charge in [-0.15, -0.1) is 0 Å². The highest BCUT2D eigenvalue weighted by molar-refractivity contribution is 7.17. The van der Waals surface area contributed by atoms with Gasteiger partial charge in [0, 0.05) is 11.6 Å². The molecule has 23 heavy (non-hydrogen) atoms. The Morgan fingerprint density at radius 1 is 1.17 bits per heavy atom. The first-order valence-corrected chi connectivity index (χ1v) is 7.71. The number of anilines is 2. The number of aromatic nitrogens is 1. The minimum atomic E-state index is -0.737. The maximum absolute atomic E-state index is 13.6. The fourth-order valence-electron chi connectivity index (χ4n) is 1.92. The van der Waals surface area contributed by atoms with E-state index in [2.05, 4.69) is 10.3 Å². The van der Waals surface area contributed by atoms with Crippen LogP contribution in [0, 0.1) is 11.6 Å². The van der Waals surface area contributed by atoms with Crippen molar-refractivity contribution >= 4 is 39.5 Å². The van der Waals surface area contributed by atoms with E-state index in [9.17, 15) is 13.6 Å². The fraction of sp³-hybridized carbons (Fsp3) is 0. The quantitative estimate of drug-likeness (QED) is 0.669. The molecule has 0 spiro atoms. The molecule has 0 radical (unpaired) electrons. The second-order valence-corrected chi connectivity index (χ2v) is 6.03. The summed E-state index contributed by atoms with van der Waals surface area (Å²) in [5.74, 6) is -1.67. The maximum Gasteiger partial charge on any atom is 0.206 e. The molecule has 3 nitrogen and oxygen atoms in total. The molecule has 0 atom stereocenters. The number of rotatable bonds is 4. The summed E-state index contributed by atoms with van der Waals surface area (Å²) in [6, 6.07) is 9.87. The minimum Gasteiger partial charge on any atom is -0.329 e. The first-order chi connectivity index (χ1) is 11.0. The summed E-state index contributed by atoms with van der Waals surface area (Å²) in [5, 5.41) is 3.40. The topological polar surface area (TPSA) is 42.0 Å². The third-order valence-corrected chi connectivity index (χ3v) is 4.26. The summed E-state index contributed by atoms with van der Waals surface area (Å²) in [6.07, 6.45) is 1.39. The molecule has 2 aromatic carbocycles. The summed E-state index contributed by atoms with van der Waals surface area (Å²) in [7, 11) is 0. The number of nitrogens with zero attached hydrogens (tertiary/aromatic N) is 1. The van der Waals surface area contributed by atoms with Crippen molar-refractivity contribution in [1.29, 1.82) is 0 Å². The Morgan fingerprint density at radius 2 is 1.96 bits per heavy atom. The van der Waals surface area contributed by atoms with Crippen LogP contribution in [0.2, 0.25) is 5.02 Å². The lowest BCUT2D eigenvalue weighted by molar-refractivity contribution is 0.104. The highest BCUT2D eigenvalue weighted by Crippen LogP contribution is 2.27. The largest absolute Gasteiger partial charge is 0.329 e. The molecule has 0 aliphatic heterocycles. The second-order valence-electron chi connectivity index (χ2n) is 4.59. The Hall–Kier alpha value is -2.31. The number of carbonyl (C=O) groups excluding carboxylic acids is 1. The van der Waals surface area contributed by atoms with Crippen LogP contribution in [0.3, 0.4) is 0 Å². The molecule has 0 aliphatic rings. The molecular weight excluding hydrogens is 342 g/mol. The van der Waals surface area contributed by atoms with Crippen LogP contribution in [0.4, 0.5) is 19.6 Å². The number of hydrogen-bond acceptors (Lipinski definition) is 4. The van der Waals surface area contributed by atoms with Crippen molar-refractivity contribution in [2.45, 2.75) is 0 Å². The van der Waals surface area contributed by atoms with Gasteiger partial charge in [-0.1, -0.05) is 35.1 Å². The first-order valence-electron chi connectivity index (χ1n) is 6.52. The summed E-state index contributed by atoms with van der Waals surface area (Å²) < 4.78 is 26.5. The molecule has 0 fully saturated rings. The van der Waals surface area contributed by atoms with Gasteiger partial charge >= 0.3 is 0 Å². The third-order valence-electron chi connectivity index (χ3n) is 3.02. The Kier molecular flexibility index (Phi) is 4.36. The molecule has 1 aromatic heterocycles. The van der Waals surface area contributed by atoms with Gasteiger partial charge in [0.15, 0.2) is 5.13 Å². The molecule has 0 unspecified atom stereocenters. The molecule has 0 bridgehead atoms. The van der Waals surface area contributed by atoms with E-state index >= 15 is 0 Å². The number of thiazole rings is 1. The lowest BCUT2D eigenvalue weighted by Crippen LogP contribution is -1.99. The van der Waals surface area contributed by atoms with Crippen LogP contribution < -0.4 is 5.32 Å². The number of halogens is 3. The average Bonchev–Trinajstić information content (AvgIpc) is 2.98. The van der Waals surface area contributed by atoms with Crippen LogP contribution >= 0.6 is 22.9 Å². The highest BCUT2D eigenvalue weighted by Gasteiger charge is 2.16. The van der Waals surface area contributed by atoms with Gasteiger partial charge in [-0.05, 0) is 24.3 Å². The molecule has 0 saturated carbocycles. The molecule has 0 aliphatic carbocycles. The van der Waals surface area contributed by atoms with Crippen LogP contribution in [0.5, 0.6) is 0 Å². The molecule has 0 amide bonds. The van der Waals surface area contributed by atoms with E-state index in [0.717, 1.165) is 23.5 Å². The monoisotopic (exact) mass is 350 g/mol. The fourth-order valence-corrected chi connectivity index (χ4v) is 2.93. The van der Waals surface area contributed by atoms with E-state index in [-0.39, 0.29) is 11.5 Å².